The Labute approximate surface area is 128 Å². The average molecular weight is 334 g/mol. The minimum absolute atomic E-state index is 0.0235. The first-order chi connectivity index (χ1) is 9.90. The van der Waals surface area contributed by atoms with Crippen LogP contribution in [0.3, 0.4) is 0 Å². The van der Waals surface area contributed by atoms with Crippen molar-refractivity contribution in [1.82, 2.24) is 9.88 Å². The maximum atomic E-state index is 13.5. The van der Waals surface area contributed by atoms with E-state index in [2.05, 4.69) is 4.98 Å². The van der Waals surface area contributed by atoms with Crippen LogP contribution in [0.15, 0.2) is 12.1 Å². The lowest BCUT2D eigenvalue weighted by atomic mass is 10.2. The largest absolute Gasteiger partial charge is 0.349 e. The lowest BCUT2D eigenvalue weighted by molar-refractivity contribution is 0.0777. The predicted molar refractivity (Wildman–Crippen MR) is 77.1 cm³/mol. The van der Waals surface area contributed by atoms with Gasteiger partial charge < -0.3 is 15.6 Å². The third-order valence-corrected chi connectivity index (χ3v) is 4.33. The summed E-state index contributed by atoms with van der Waals surface area (Å²) < 4.78 is 26.9. The van der Waals surface area contributed by atoms with Crippen molar-refractivity contribution in [2.24, 2.45) is 5.73 Å². The molecule has 0 spiro atoms. The van der Waals surface area contributed by atoms with Gasteiger partial charge in [0.25, 0.3) is 5.91 Å². The molecule has 1 aliphatic rings. The Morgan fingerprint density at radius 1 is 1.33 bits per heavy atom. The van der Waals surface area contributed by atoms with Crippen LogP contribution in [0.25, 0.3) is 10.9 Å². The van der Waals surface area contributed by atoms with Gasteiger partial charge in [-0.3, -0.25) is 4.79 Å². The highest BCUT2D eigenvalue weighted by molar-refractivity contribution is 6.44. The van der Waals surface area contributed by atoms with E-state index in [0.29, 0.717) is 5.52 Å². The number of carbonyl (C=O) groups excluding carboxylic acids is 1. The van der Waals surface area contributed by atoms with E-state index in [1.165, 1.54) is 17.0 Å². The molecule has 112 valence electrons. The smallest absolute Gasteiger partial charge is 0.272 e. The molecule has 1 aromatic carbocycles. The van der Waals surface area contributed by atoms with Crippen molar-refractivity contribution < 1.29 is 13.6 Å². The second-order valence-electron chi connectivity index (χ2n) is 4.99. The number of carbonyl (C=O) groups is 1. The first-order valence-electron chi connectivity index (χ1n) is 6.24. The predicted octanol–water partition coefficient (Wildman–Crippen LogP) is 2.74. The van der Waals surface area contributed by atoms with Crippen LogP contribution in [-0.2, 0) is 0 Å². The highest BCUT2D eigenvalue weighted by Crippen LogP contribution is 2.35. The van der Waals surface area contributed by atoms with E-state index in [9.17, 15) is 13.6 Å². The maximum Gasteiger partial charge on any atom is 0.272 e. The maximum absolute atomic E-state index is 13.5. The lowest BCUT2D eigenvalue weighted by Gasteiger charge is -2.14. The van der Waals surface area contributed by atoms with Crippen LogP contribution in [-0.4, -0.2) is 41.1 Å². The first-order valence-corrected chi connectivity index (χ1v) is 7.00. The Kier molecular flexibility index (Phi) is 3.55. The van der Waals surface area contributed by atoms with Gasteiger partial charge in [0, 0.05) is 17.4 Å². The summed E-state index contributed by atoms with van der Waals surface area (Å²) in [5, 5.41) is 0.103. The van der Waals surface area contributed by atoms with Crippen LogP contribution in [0.5, 0.6) is 0 Å². The number of hydrogen-bond acceptors (Lipinski definition) is 2. The van der Waals surface area contributed by atoms with Gasteiger partial charge in [-0.25, -0.2) is 8.78 Å². The second kappa shape index (κ2) is 5.12. The van der Waals surface area contributed by atoms with Crippen LogP contribution < -0.4 is 5.73 Å². The standard InChI is InChI=1S/C13H11Cl2F2N3O/c14-10-5(16)1-2-8-9(10)11(15)12(19-8)13(21)20-3-6(17)7(18)4-20/h1-2,6-7,19H,3-4,18H2/t6-,7-/m0/s1. The van der Waals surface area contributed by atoms with Gasteiger partial charge in [0.15, 0.2) is 0 Å². The van der Waals surface area contributed by atoms with Crippen LogP contribution in [0, 0.1) is 5.82 Å². The molecular formula is C13H11Cl2F2N3O. The molecule has 1 aromatic heterocycles. The van der Waals surface area contributed by atoms with Gasteiger partial charge in [-0.1, -0.05) is 23.2 Å². The molecule has 1 saturated heterocycles. The minimum Gasteiger partial charge on any atom is -0.349 e. The van der Waals surface area contributed by atoms with E-state index in [0.717, 1.165) is 0 Å². The zero-order valence-electron chi connectivity index (χ0n) is 10.7. The van der Waals surface area contributed by atoms with Crippen LogP contribution in [0.4, 0.5) is 8.78 Å². The third kappa shape index (κ3) is 2.27. The Bertz CT molecular complexity index is 724. The molecule has 4 nitrogen and oxygen atoms in total. The number of rotatable bonds is 1. The van der Waals surface area contributed by atoms with Crippen molar-refractivity contribution in [2.45, 2.75) is 12.2 Å². The van der Waals surface area contributed by atoms with Gasteiger partial charge in [0.05, 0.1) is 22.6 Å². The van der Waals surface area contributed by atoms with Crippen molar-refractivity contribution >= 4 is 40.0 Å². The summed E-state index contributed by atoms with van der Waals surface area (Å²) in [6, 6.07) is 1.90. The van der Waals surface area contributed by atoms with E-state index >= 15 is 0 Å². The van der Waals surface area contributed by atoms with Crippen molar-refractivity contribution in [1.29, 1.82) is 0 Å². The number of aromatic nitrogens is 1. The van der Waals surface area contributed by atoms with E-state index < -0.39 is 23.9 Å². The summed E-state index contributed by atoms with van der Waals surface area (Å²) in [6.07, 6.45) is -1.27. The number of H-pyrrole nitrogens is 1. The number of nitrogens with two attached hydrogens (primary N) is 1. The summed E-state index contributed by atoms with van der Waals surface area (Å²) in [5.74, 6) is -1.11. The monoisotopic (exact) mass is 333 g/mol. The number of fused-ring (bicyclic) bond motifs is 1. The van der Waals surface area contributed by atoms with Crippen LogP contribution in [0.2, 0.25) is 10.0 Å². The summed E-state index contributed by atoms with van der Waals surface area (Å²) >= 11 is 12.0. The number of aromatic amines is 1. The molecule has 1 aliphatic heterocycles. The molecule has 0 aliphatic carbocycles. The van der Waals surface area contributed by atoms with Gasteiger partial charge in [-0.15, -0.1) is 0 Å². The highest BCUT2D eigenvalue weighted by Gasteiger charge is 2.35. The fraction of sp³-hybridized carbons (Fsp3) is 0.308. The average Bonchev–Trinajstić information content (AvgIpc) is 2.95. The first kappa shape index (κ1) is 14.6. The summed E-state index contributed by atoms with van der Waals surface area (Å²) in [7, 11) is 0. The zero-order valence-corrected chi connectivity index (χ0v) is 12.2. The number of halogens is 4. The molecule has 0 radical (unpaired) electrons. The minimum atomic E-state index is -1.27. The Morgan fingerprint density at radius 2 is 2.05 bits per heavy atom. The second-order valence-corrected chi connectivity index (χ2v) is 5.74. The molecule has 1 fully saturated rings. The number of alkyl halides is 1. The SMILES string of the molecule is N[C@H]1CN(C(=O)c2[nH]c3ccc(F)c(Cl)c3c2Cl)C[C@@H]1F. The van der Waals surface area contributed by atoms with Crippen LogP contribution >= 0.6 is 23.2 Å². The molecular weight excluding hydrogens is 323 g/mol. The molecule has 8 heteroatoms. The Morgan fingerprint density at radius 3 is 2.67 bits per heavy atom. The zero-order chi connectivity index (χ0) is 15.3. The molecule has 2 aromatic rings. The van der Waals surface area contributed by atoms with Gasteiger partial charge in [-0.05, 0) is 12.1 Å². The molecule has 0 saturated carbocycles. The van der Waals surface area contributed by atoms with Crippen molar-refractivity contribution in [2.75, 3.05) is 13.1 Å². The third-order valence-electron chi connectivity index (χ3n) is 3.59. The molecule has 0 bridgehead atoms. The number of hydrogen-bond donors (Lipinski definition) is 2. The van der Waals surface area contributed by atoms with Crippen molar-refractivity contribution in [3.8, 4) is 0 Å². The molecule has 3 N–H and O–H groups in total. The molecule has 2 heterocycles. The molecule has 3 rings (SSSR count). The lowest BCUT2D eigenvalue weighted by Crippen LogP contribution is -2.32. The highest BCUT2D eigenvalue weighted by atomic mass is 35.5. The number of nitrogens with one attached hydrogen (secondary N) is 1. The summed E-state index contributed by atoms with van der Waals surface area (Å²) in [6.45, 7) is 0.0155. The van der Waals surface area contributed by atoms with E-state index in [-0.39, 0.29) is 34.2 Å². The summed E-state index contributed by atoms with van der Waals surface area (Å²) in [5.41, 5.74) is 6.05. The normalized spacial score (nSPS) is 22.2. The van der Waals surface area contributed by atoms with Crippen molar-refractivity contribution in [3.05, 3.63) is 33.7 Å². The molecule has 1 amide bonds. The van der Waals surface area contributed by atoms with Gasteiger partial charge in [0.2, 0.25) is 0 Å². The summed E-state index contributed by atoms with van der Waals surface area (Å²) in [4.78, 5) is 16.5. The molecule has 21 heavy (non-hydrogen) atoms. The fourth-order valence-corrected chi connectivity index (χ4v) is 3.08. The van der Waals surface area contributed by atoms with Gasteiger partial charge in [-0.2, -0.15) is 0 Å². The molecule has 0 unspecified atom stereocenters. The Balaban J connectivity index is 2.03. The Hall–Kier alpha value is -1.37. The number of amides is 1. The van der Waals surface area contributed by atoms with E-state index in [1.807, 2.05) is 0 Å². The quantitative estimate of drug-likeness (QED) is 0.842. The van der Waals surface area contributed by atoms with Crippen molar-refractivity contribution in [3.63, 3.8) is 0 Å². The van der Waals surface area contributed by atoms with Crippen LogP contribution in [0.1, 0.15) is 10.5 Å². The molecule has 2 atom stereocenters. The van der Waals surface area contributed by atoms with Gasteiger partial charge >= 0.3 is 0 Å². The fourth-order valence-electron chi connectivity index (χ4n) is 2.44. The van der Waals surface area contributed by atoms with E-state index in [4.69, 9.17) is 28.9 Å². The van der Waals surface area contributed by atoms with Gasteiger partial charge in [0.1, 0.15) is 17.7 Å². The topological polar surface area (TPSA) is 62.1 Å². The number of benzene rings is 1. The number of likely N-dealkylation sites (tertiary alicyclic amines) is 1. The number of nitrogens with zero attached hydrogens (tertiary/aromatic N) is 1. The van der Waals surface area contributed by atoms with E-state index in [1.54, 1.807) is 0 Å².